The summed E-state index contributed by atoms with van der Waals surface area (Å²) < 4.78 is 0. The van der Waals surface area contributed by atoms with Gasteiger partial charge in [0.2, 0.25) is 5.91 Å². The van der Waals surface area contributed by atoms with Gasteiger partial charge in [0.25, 0.3) is 0 Å². The fraction of sp³-hybridized carbons (Fsp3) is 0.818. The lowest BCUT2D eigenvalue weighted by Gasteiger charge is -2.21. The molecular formula is C11H22N4O2. The number of likely N-dealkylation sites (N-methyl/N-ethyl adjacent to an activating group) is 1. The lowest BCUT2D eigenvalue weighted by atomic mass is 10.3. The van der Waals surface area contributed by atoms with Gasteiger partial charge in [-0.05, 0) is 13.8 Å². The average molecular weight is 242 g/mol. The predicted octanol–water partition coefficient (Wildman–Crippen LogP) is -0.532. The second kappa shape index (κ2) is 6.44. The van der Waals surface area contributed by atoms with Crippen LogP contribution in [-0.4, -0.2) is 67.6 Å². The third-order valence-electron chi connectivity index (χ3n) is 3.00. The molecule has 2 N–H and O–H groups in total. The first-order valence-electron chi connectivity index (χ1n) is 6.07. The Bertz CT molecular complexity index is 283. The maximum Gasteiger partial charge on any atom is 0.317 e. The first-order chi connectivity index (χ1) is 8.06. The maximum atomic E-state index is 11.7. The minimum Gasteiger partial charge on any atom is -0.345 e. The van der Waals surface area contributed by atoms with Crippen LogP contribution in [0.25, 0.3) is 0 Å². The summed E-state index contributed by atoms with van der Waals surface area (Å²) in [6.07, 6.45) is 0. The van der Waals surface area contributed by atoms with Crippen molar-refractivity contribution in [3.05, 3.63) is 0 Å². The SMILES string of the molecule is CCN(C)C(=O)C(C)NCCN1CCNC1=O. The summed E-state index contributed by atoms with van der Waals surface area (Å²) >= 11 is 0. The lowest BCUT2D eigenvalue weighted by Crippen LogP contribution is -2.45. The Balaban J connectivity index is 2.21. The Hall–Kier alpha value is -1.30. The molecule has 1 unspecified atom stereocenters. The molecule has 0 bridgehead atoms. The third-order valence-corrected chi connectivity index (χ3v) is 3.00. The predicted molar refractivity (Wildman–Crippen MR) is 65.7 cm³/mol. The smallest absolute Gasteiger partial charge is 0.317 e. The molecule has 6 heteroatoms. The van der Waals surface area contributed by atoms with E-state index in [1.165, 1.54) is 0 Å². The molecule has 0 radical (unpaired) electrons. The van der Waals surface area contributed by atoms with E-state index in [4.69, 9.17) is 0 Å². The van der Waals surface area contributed by atoms with E-state index in [0.717, 1.165) is 6.54 Å². The van der Waals surface area contributed by atoms with Gasteiger partial charge in [-0.2, -0.15) is 0 Å². The number of nitrogens with zero attached hydrogens (tertiary/aromatic N) is 2. The van der Waals surface area contributed by atoms with E-state index < -0.39 is 0 Å². The fourth-order valence-corrected chi connectivity index (χ4v) is 1.71. The van der Waals surface area contributed by atoms with E-state index in [-0.39, 0.29) is 18.0 Å². The van der Waals surface area contributed by atoms with E-state index in [0.29, 0.717) is 26.2 Å². The molecule has 1 aliphatic rings. The van der Waals surface area contributed by atoms with Gasteiger partial charge in [-0.1, -0.05) is 0 Å². The topological polar surface area (TPSA) is 64.7 Å². The minimum atomic E-state index is -0.203. The normalized spacial score (nSPS) is 16.9. The van der Waals surface area contributed by atoms with E-state index >= 15 is 0 Å². The van der Waals surface area contributed by atoms with Crippen molar-refractivity contribution in [2.75, 3.05) is 39.8 Å². The molecule has 98 valence electrons. The fourth-order valence-electron chi connectivity index (χ4n) is 1.71. The van der Waals surface area contributed by atoms with Crippen molar-refractivity contribution in [3.8, 4) is 0 Å². The molecular weight excluding hydrogens is 220 g/mol. The molecule has 0 spiro atoms. The van der Waals surface area contributed by atoms with Crippen LogP contribution in [0.3, 0.4) is 0 Å². The first kappa shape index (κ1) is 13.8. The number of carbonyl (C=O) groups is 2. The highest BCUT2D eigenvalue weighted by molar-refractivity contribution is 5.81. The Morgan fingerprint density at radius 1 is 1.65 bits per heavy atom. The molecule has 6 nitrogen and oxygen atoms in total. The molecule has 0 aromatic heterocycles. The molecule has 1 heterocycles. The third kappa shape index (κ3) is 3.89. The Kier molecular flexibility index (Phi) is 5.21. The van der Waals surface area contributed by atoms with Crippen LogP contribution in [0.5, 0.6) is 0 Å². The molecule has 0 aromatic rings. The van der Waals surface area contributed by atoms with Crippen LogP contribution in [0.2, 0.25) is 0 Å². The number of hydrogen-bond donors (Lipinski definition) is 2. The molecule has 1 rings (SSSR count). The van der Waals surface area contributed by atoms with Gasteiger partial charge < -0.3 is 20.4 Å². The van der Waals surface area contributed by atoms with E-state index in [9.17, 15) is 9.59 Å². The largest absolute Gasteiger partial charge is 0.345 e. The number of nitrogens with one attached hydrogen (secondary N) is 2. The van der Waals surface area contributed by atoms with Gasteiger partial charge in [0.15, 0.2) is 0 Å². The Morgan fingerprint density at radius 2 is 2.35 bits per heavy atom. The van der Waals surface area contributed by atoms with Gasteiger partial charge in [-0.25, -0.2) is 4.79 Å². The Labute approximate surface area is 102 Å². The second-order valence-electron chi connectivity index (χ2n) is 4.25. The van der Waals surface area contributed by atoms with Crippen molar-refractivity contribution in [2.45, 2.75) is 19.9 Å². The van der Waals surface area contributed by atoms with Crippen molar-refractivity contribution in [2.24, 2.45) is 0 Å². The van der Waals surface area contributed by atoms with Gasteiger partial charge in [-0.15, -0.1) is 0 Å². The molecule has 1 saturated heterocycles. The average Bonchev–Trinajstić information content (AvgIpc) is 2.73. The highest BCUT2D eigenvalue weighted by atomic mass is 16.2. The monoisotopic (exact) mass is 242 g/mol. The van der Waals surface area contributed by atoms with Crippen LogP contribution >= 0.6 is 0 Å². The molecule has 1 fully saturated rings. The van der Waals surface area contributed by atoms with Crippen LogP contribution in [0.1, 0.15) is 13.8 Å². The van der Waals surface area contributed by atoms with Crippen LogP contribution < -0.4 is 10.6 Å². The Morgan fingerprint density at radius 3 is 2.88 bits per heavy atom. The summed E-state index contributed by atoms with van der Waals surface area (Å²) in [6, 6.07) is -0.220. The number of amides is 3. The highest BCUT2D eigenvalue weighted by Gasteiger charge is 2.20. The van der Waals surface area contributed by atoms with Crippen molar-refractivity contribution in [1.29, 1.82) is 0 Å². The van der Waals surface area contributed by atoms with Gasteiger partial charge in [0.1, 0.15) is 0 Å². The number of hydrogen-bond acceptors (Lipinski definition) is 3. The standard InChI is InChI=1S/C11H22N4O2/c1-4-14(3)10(16)9(2)12-5-7-15-8-6-13-11(15)17/h9,12H,4-8H2,1-3H3,(H,13,17). The van der Waals surface area contributed by atoms with Gasteiger partial charge >= 0.3 is 6.03 Å². The van der Waals surface area contributed by atoms with Crippen LogP contribution in [-0.2, 0) is 4.79 Å². The molecule has 0 aromatic carbocycles. The maximum absolute atomic E-state index is 11.7. The van der Waals surface area contributed by atoms with Gasteiger partial charge in [0.05, 0.1) is 6.04 Å². The zero-order valence-electron chi connectivity index (χ0n) is 10.8. The summed E-state index contributed by atoms with van der Waals surface area (Å²) in [5, 5.41) is 5.87. The molecule has 3 amide bonds. The quantitative estimate of drug-likeness (QED) is 0.658. The number of carbonyl (C=O) groups excluding carboxylic acids is 2. The van der Waals surface area contributed by atoms with Crippen LogP contribution in [0.15, 0.2) is 0 Å². The molecule has 0 aliphatic carbocycles. The lowest BCUT2D eigenvalue weighted by molar-refractivity contribution is -0.131. The first-order valence-corrected chi connectivity index (χ1v) is 6.07. The number of urea groups is 1. The highest BCUT2D eigenvalue weighted by Crippen LogP contribution is 1.96. The van der Waals surface area contributed by atoms with Gasteiger partial charge in [-0.3, -0.25) is 4.79 Å². The van der Waals surface area contributed by atoms with Crippen molar-refractivity contribution >= 4 is 11.9 Å². The molecule has 1 aliphatic heterocycles. The second-order valence-corrected chi connectivity index (χ2v) is 4.25. The number of rotatable bonds is 6. The summed E-state index contributed by atoms with van der Waals surface area (Å²) in [5.41, 5.74) is 0. The minimum absolute atomic E-state index is 0.0172. The van der Waals surface area contributed by atoms with E-state index in [1.54, 1.807) is 16.8 Å². The van der Waals surface area contributed by atoms with Crippen LogP contribution in [0, 0.1) is 0 Å². The van der Waals surface area contributed by atoms with E-state index in [1.807, 2.05) is 13.8 Å². The molecule has 17 heavy (non-hydrogen) atoms. The van der Waals surface area contributed by atoms with Gasteiger partial charge in [0, 0.05) is 39.8 Å². The summed E-state index contributed by atoms with van der Waals surface area (Å²) in [4.78, 5) is 26.4. The molecule has 1 atom stereocenters. The zero-order valence-corrected chi connectivity index (χ0v) is 10.8. The van der Waals surface area contributed by atoms with E-state index in [2.05, 4.69) is 10.6 Å². The summed E-state index contributed by atoms with van der Waals surface area (Å²) in [7, 11) is 1.79. The molecule has 0 saturated carbocycles. The van der Waals surface area contributed by atoms with Crippen molar-refractivity contribution in [1.82, 2.24) is 20.4 Å². The van der Waals surface area contributed by atoms with Crippen LogP contribution in [0.4, 0.5) is 4.79 Å². The summed E-state index contributed by atoms with van der Waals surface area (Å²) in [5.74, 6) is 0.0818. The van der Waals surface area contributed by atoms with Crippen molar-refractivity contribution < 1.29 is 9.59 Å². The zero-order chi connectivity index (χ0) is 12.8. The summed E-state index contributed by atoms with van der Waals surface area (Å²) in [6.45, 7) is 7.23. The van der Waals surface area contributed by atoms with Crippen molar-refractivity contribution in [3.63, 3.8) is 0 Å².